The van der Waals surface area contributed by atoms with Crippen LogP contribution in [0.5, 0.6) is 5.75 Å². The van der Waals surface area contributed by atoms with Gasteiger partial charge in [-0.3, -0.25) is 4.90 Å². The molecule has 0 atom stereocenters. The summed E-state index contributed by atoms with van der Waals surface area (Å²) in [6.45, 7) is 6.63. The lowest BCUT2D eigenvalue weighted by molar-refractivity contribution is 0.239. The molecule has 0 saturated heterocycles. The van der Waals surface area contributed by atoms with Crippen LogP contribution in [-0.2, 0) is 19.5 Å². The van der Waals surface area contributed by atoms with E-state index in [4.69, 9.17) is 9.26 Å². The molecule has 30 heavy (non-hydrogen) atoms. The zero-order chi connectivity index (χ0) is 20.7. The summed E-state index contributed by atoms with van der Waals surface area (Å²) in [5.74, 6) is 2.34. The van der Waals surface area contributed by atoms with E-state index in [2.05, 4.69) is 56.3 Å². The van der Waals surface area contributed by atoms with E-state index in [0.717, 1.165) is 47.0 Å². The molecule has 0 saturated carbocycles. The summed E-state index contributed by atoms with van der Waals surface area (Å²) in [6, 6.07) is 4.16. The number of nitrogens with zero attached hydrogens (tertiary/aromatic N) is 5. The minimum absolute atomic E-state index is 0.681. The zero-order valence-corrected chi connectivity index (χ0v) is 17.9. The molecule has 1 aliphatic rings. The van der Waals surface area contributed by atoms with Crippen molar-refractivity contribution in [3.8, 4) is 5.75 Å². The minimum atomic E-state index is 0.681. The van der Waals surface area contributed by atoms with Crippen LogP contribution in [0.2, 0.25) is 0 Å². The van der Waals surface area contributed by atoms with Gasteiger partial charge in [-0.2, -0.15) is 4.98 Å². The molecule has 4 aromatic rings. The smallest absolute Gasteiger partial charge is 0.213 e. The molecular weight excluding hydrogens is 400 g/mol. The quantitative estimate of drug-likeness (QED) is 0.516. The van der Waals surface area contributed by atoms with Crippen LogP contribution >= 0.6 is 11.3 Å². The van der Waals surface area contributed by atoms with Gasteiger partial charge in [-0.25, -0.2) is 9.97 Å². The fourth-order valence-electron chi connectivity index (χ4n) is 3.86. The molecule has 0 spiro atoms. The Hall–Kier alpha value is -3.04. The minimum Gasteiger partial charge on any atom is -0.495 e. The van der Waals surface area contributed by atoms with Gasteiger partial charge in [0.1, 0.15) is 22.7 Å². The maximum atomic E-state index is 5.59. The van der Waals surface area contributed by atoms with E-state index in [1.165, 1.54) is 28.0 Å². The van der Waals surface area contributed by atoms with Gasteiger partial charge in [0.15, 0.2) is 5.82 Å². The fraction of sp³-hybridized carbons (Fsp3) is 0.333. The standard InChI is InChI=1S/C21H22N6O2S/c1-12-6-15(16(28-3)7-13(12)2)25-20-19-14-4-5-27(9-18-24-11-29-26-18)8-17(14)30-21(19)23-10-22-20/h6-7,10-11H,4-5,8-9H2,1-3H3,(H,22,23,25). The number of aromatic nitrogens is 4. The number of ether oxygens (including phenoxy) is 1. The van der Waals surface area contributed by atoms with E-state index < -0.39 is 0 Å². The van der Waals surface area contributed by atoms with Crippen LogP contribution in [-0.4, -0.2) is 38.7 Å². The van der Waals surface area contributed by atoms with Gasteiger partial charge >= 0.3 is 0 Å². The molecule has 0 unspecified atom stereocenters. The monoisotopic (exact) mass is 422 g/mol. The lowest BCUT2D eigenvalue weighted by Gasteiger charge is -2.25. The first kappa shape index (κ1) is 19.0. The van der Waals surface area contributed by atoms with Gasteiger partial charge in [0.25, 0.3) is 0 Å². The second-order valence-electron chi connectivity index (χ2n) is 7.48. The third-order valence-electron chi connectivity index (χ3n) is 5.56. The number of hydrogen-bond donors (Lipinski definition) is 1. The summed E-state index contributed by atoms with van der Waals surface area (Å²) in [4.78, 5) is 17.9. The molecule has 0 fully saturated rings. The third-order valence-corrected chi connectivity index (χ3v) is 6.68. The summed E-state index contributed by atoms with van der Waals surface area (Å²) in [5, 5.41) is 8.54. The van der Waals surface area contributed by atoms with Crippen molar-refractivity contribution in [2.45, 2.75) is 33.4 Å². The number of methoxy groups -OCH3 is 1. The van der Waals surface area contributed by atoms with Gasteiger partial charge in [-0.05, 0) is 49.1 Å². The topological polar surface area (TPSA) is 89.2 Å². The SMILES string of the molecule is COc1cc(C)c(C)cc1Nc1ncnc2sc3c(c12)CCN(Cc1ncon1)C3. The number of fused-ring (bicyclic) bond motifs is 3. The second kappa shape index (κ2) is 7.66. The molecule has 1 N–H and O–H groups in total. The molecule has 0 bridgehead atoms. The van der Waals surface area contributed by atoms with Crippen LogP contribution < -0.4 is 10.1 Å². The predicted octanol–water partition coefficient (Wildman–Crippen LogP) is 4.00. The van der Waals surface area contributed by atoms with Crippen molar-refractivity contribution >= 4 is 33.1 Å². The van der Waals surface area contributed by atoms with Gasteiger partial charge < -0.3 is 14.6 Å². The molecule has 0 amide bonds. The van der Waals surface area contributed by atoms with E-state index in [1.807, 2.05) is 0 Å². The summed E-state index contributed by atoms with van der Waals surface area (Å²) in [6.07, 6.45) is 3.93. The number of thiophene rings is 1. The van der Waals surface area contributed by atoms with Crippen LogP contribution in [0.4, 0.5) is 11.5 Å². The maximum Gasteiger partial charge on any atom is 0.213 e. The first-order valence-corrected chi connectivity index (χ1v) is 10.6. The zero-order valence-electron chi connectivity index (χ0n) is 17.1. The number of aryl methyl sites for hydroxylation is 2. The molecule has 9 heteroatoms. The highest BCUT2D eigenvalue weighted by Gasteiger charge is 2.25. The van der Waals surface area contributed by atoms with Crippen LogP contribution in [0.25, 0.3) is 10.2 Å². The number of hydrogen-bond acceptors (Lipinski definition) is 9. The first-order valence-electron chi connectivity index (χ1n) is 9.77. The van der Waals surface area contributed by atoms with E-state index in [1.54, 1.807) is 24.8 Å². The van der Waals surface area contributed by atoms with Crippen LogP contribution in [0.15, 0.2) is 29.4 Å². The highest BCUT2D eigenvalue weighted by molar-refractivity contribution is 7.19. The average molecular weight is 423 g/mol. The Bertz CT molecular complexity index is 1200. The highest BCUT2D eigenvalue weighted by Crippen LogP contribution is 2.39. The van der Waals surface area contributed by atoms with Crippen molar-refractivity contribution in [3.63, 3.8) is 0 Å². The second-order valence-corrected chi connectivity index (χ2v) is 8.56. The Labute approximate surface area is 177 Å². The molecule has 0 radical (unpaired) electrons. The van der Waals surface area contributed by atoms with Gasteiger partial charge in [0.2, 0.25) is 6.39 Å². The third kappa shape index (κ3) is 3.40. The lowest BCUT2D eigenvalue weighted by atomic mass is 10.0. The molecular formula is C21H22N6O2S. The number of nitrogens with one attached hydrogen (secondary N) is 1. The summed E-state index contributed by atoms with van der Waals surface area (Å²) in [5.41, 5.74) is 4.63. The van der Waals surface area contributed by atoms with E-state index in [-0.39, 0.29) is 0 Å². The van der Waals surface area contributed by atoms with Crippen molar-refractivity contribution in [3.05, 3.63) is 52.2 Å². The molecule has 4 heterocycles. The van der Waals surface area contributed by atoms with E-state index >= 15 is 0 Å². The number of rotatable bonds is 5. The highest BCUT2D eigenvalue weighted by atomic mass is 32.1. The molecule has 1 aromatic carbocycles. The maximum absolute atomic E-state index is 5.59. The molecule has 5 rings (SSSR count). The van der Waals surface area contributed by atoms with Gasteiger partial charge in [-0.1, -0.05) is 5.16 Å². The molecule has 0 aliphatic carbocycles. The molecule has 3 aromatic heterocycles. The molecule has 1 aliphatic heterocycles. The predicted molar refractivity (Wildman–Crippen MR) is 115 cm³/mol. The first-order chi connectivity index (χ1) is 14.6. The van der Waals surface area contributed by atoms with Crippen LogP contribution in [0.1, 0.15) is 27.4 Å². The van der Waals surface area contributed by atoms with Crippen LogP contribution in [0, 0.1) is 13.8 Å². The van der Waals surface area contributed by atoms with Gasteiger partial charge in [0.05, 0.1) is 24.7 Å². The Morgan fingerprint density at radius 3 is 2.87 bits per heavy atom. The summed E-state index contributed by atoms with van der Waals surface area (Å²) in [7, 11) is 1.69. The Morgan fingerprint density at radius 1 is 1.20 bits per heavy atom. The molecule has 8 nitrogen and oxygen atoms in total. The fourth-order valence-corrected chi connectivity index (χ4v) is 5.09. The largest absolute Gasteiger partial charge is 0.495 e. The summed E-state index contributed by atoms with van der Waals surface area (Å²) >= 11 is 1.73. The molecule has 154 valence electrons. The van der Waals surface area contributed by atoms with Crippen LogP contribution in [0.3, 0.4) is 0 Å². The Balaban J connectivity index is 1.49. The lowest BCUT2D eigenvalue weighted by Crippen LogP contribution is -2.29. The van der Waals surface area contributed by atoms with Gasteiger partial charge in [-0.15, -0.1) is 11.3 Å². The van der Waals surface area contributed by atoms with Gasteiger partial charge in [0, 0.05) is 18.0 Å². The average Bonchev–Trinajstić information content (AvgIpc) is 3.38. The van der Waals surface area contributed by atoms with Crippen molar-refractivity contribution < 1.29 is 9.26 Å². The Kier molecular flexibility index (Phi) is 4.84. The Morgan fingerprint density at radius 2 is 2.07 bits per heavy atom. The van der Waals surface area contributed by atoms with Crippen molar-refractivity contribution in [1.29, 1.82) is 0 Å². The normalized spacial score (nSPS) is 14.1. The summed E-state index contributed by atoms with van der Waals surface area (Å²) < 4.78 is 10.5. The number of anilines is 2. The van der Waals surface area contributed by atoms with Crippen molar-refractivity contribution in [1.82, 2.24) is 25.0 Å². The number of benzene rings is 1. The van der Waals surface area contributed by atoms with Crippen molar-refractivity contribution in [2.24, 2.45) is 0 Å². The van der Waals surface area contributed by atoms with Crippen molar-refractivity contribution in [2.75, 3.05) is 19.0 Å². The van der Waals surface area contributed by atoms with E-state index in [9.17, 15) is 0 Å². The van der Waals surface area contributed by atoms with E-state index in [0.29, 0.717) is 12.4 Å².